The van der Waals surface area contributed by atoms with Crippen molar-refractivity contribution < 1.29 is 4.74 Å². The monoisotopic (exact) mass is 462 g/mol. The van der Waals surface area contributed by atoms with E-state index in [2.05, 4.69) is 74.8 Å². The number of halogens is 1. The van der Waals surface area contributed by atoms with E-state index in [0.717, 1.165) is 12.5 Å². The smallest absolute Gasteiger partial charge is 0.191 e. The van der Waals surface area contributed by atoms with Crippen molar-refractivity contribution in [2.75, 3.05) is 26.8 Å². The lowest BCUT2D eigenvalue weighted by molar-refractivity contribution is 0.179. The molecule has 0 saturated heterocycles. The van der Waals surface area contributed by atoms with Crippen LogP contribution in [0.1, 0.15) is 46.2 Å². The summed E-state index contributed by atoms with van der Waals surface area (Å²) in [6, 6.07) is 11.0. The minimum atomic E-state index is -0.109. The number of ether oxygens (including phenoxy) is 1. The van der Waals surface area contributed by atoms with Gasteiger partial charge in [0.15, 0.2) is 5.96 Å². The highest BCUT2D eigenvalue weighted by Gasteiger charge is 2.20. The zero-order valence-electron chi connectivity index (χ0n) is 16.4. The minimum absolute atomic E-state index is 0. The topological polar surface area (TPSA) is 57.7 Å². The summed E-state index contributed by atoms with van der Waals surface area (Å²) < 4.78 is 5.17. The number of nitrogens with one attached hydrogen (secondary N) is 3. The van der Waals surface area contributed by atoms with Gasteiger partial charge in [-0.3, -0.25) is 4.99 Å². The second-order valence-electron chi connectivity index (χ2n) is 6.86. The van der Waals surface area contributed by atoms with E-state index in [1.165, 1.54) is 5.56 Å². The number of rotatable bonds is 9. The van der Waals surface area contributed by atoms with E-state index in [4.69, 9.17) is 9.73 Å². The number of benzene rings is 1. The van der Waals surface area contributed by atoms with Crippen LogP contribution in [-0.2, 0) is 4.74 Å². The fraction of sp³-hybridized carbons (Fsp3) is 0.632. The Morgan fingerprint density at radius 3 is 2.40 bits per heavy atom. The number of hydrogen-bond acceptors (Lipinski definition) is 3. The number of aliphatic imine (C=N–C) groups is 1. The molecule has 0 aromatic heterocycles. The highest BCUT2D eigenvalue weighted by molar-refractivity contribution is 14.0. The van der Waals surface area contributed by atoms with Gasteiger partial charge in [0, 0.05) is 31.3 Å². The second kappa shape index (κ2) is 12.5. The third kappa shape index (κ3) is 10.0. The Bertz CT molecular complexity index is 493. The van der Waals surface area contributed by atoms with E-state index in [9.17, 15) is 0 Å². The molecule has 25 heavy (non-hydrogen) atoms. The molecule has 0 aliphatic carbocycles. The molecular formula is C19H35IN4O. The molecule has 2 atom stereocenters. The molecule has 0 aliphatic heterocycles. The number of guanidine groups is 1. The second-order valence-corrected chi connectivity index (χ2v) is 6.86. The van der Waals surface area contributed by atoms with E-state index < -0.39 is 0 Å². The molecule has 6 heteroatoms. The highest BCUT2D eigenvalue weighted by Crippen LogP contribution is 2.16. The molecule has 1 aromatic rings. The highest BCUT2D eigenvalue weighted by atomic mass is 127. The fourth-order valence-electron chi connectivity index (χ4n) is 2.58. The van der Waals surface area contributed by atoms with Crippen molar-refractivity contribution in [2.24, 2.45) is 4.99 Å². The van der Waals surface area contributed by atoms with Crippen LogP contribution >= 0.6 is 24.0 Å². The van der Waals surface area contributed by atoms with Crippen molar-refractivity contribution in [2.45, 2.75) is 52.2 Å². The van der Waals surface area contributed by atoms with Crippen molar-refractivity contribution in [3.8, 4) is 0 Å². The normalized spacial score (nSPS) is 14.4. The van der Waals surface area contributed by atoms with Gasteiger partial charge < -0.3 is 20.7 Å². The lowest BCUT2D eigenvalue weighted by Gasteiger charge is -2.29. The third-order valence-corrected chi connectivity index (χ3v) is 3.68. The Labute approximate surface area is 170 Å². The van der Waals surface area contributed by atoms with E-state index >= 15 is 0 Å². The molecule has 0 fully saturated rings. The molecule has 0 bridgehead atoms. The van der Waals surface area contributed by atoms with Crippen LogP contribution in [0.4, 0.5) is 0 Å². The van der Waals surface area contributed by atoms with Gasteiger partial charge in [-0.25, -0.2) is 0 Å². The summed E-state index contributed by atoms with van der Waals surface area (Å²) in [6.45, 7) is 12.9. The van der Waals surface area contributed by atoms with Gasteiger partial charge >= 0.3 is 0 Å². The van der Waals surface area contributed by atoms with Crippen LogP contribution in [0.2, 0.25) is 0 Å². The molecule has 3 N–H and O–H groups in total. The molecule has 0 saturated carbocycles. The van der Waals surface area contributed by atoms with Gasteiger partial charge in [-0.1, -0.05) is 30.3 Å². The van der Waals surface area contributed by atoms with Gasteiger partial charge in [0.05, 0.1) is 13.2 Å². The number of hydrogen-bond donors (Lipinski definition) is 3. The SMILES string of the molecule is CCNC(=NCC(C)(C)NC(C)c1ccccc1)NC(C)COC.I. The molecule has 0 spiro atoms. The summed E-state index contributed by atoms with van der Waals surface area (Å²) in [7, 11) is 1.71. The summed E-state index contributed by atoms with van der Waals surface area (Å²) >= 11 is 0. The fourth-order valence-corrected chi connectivity index (χ4v) is 2.58. The first-order valence-electron chi connectivity index (χ1n) is 8.74. The third-order valence-electron chi connectivity index (χ3n) is 3.68. The molecule has 1 aromatic carbocycles. The lowest BCUT2D eigenvalue weighted by Crippen LogP contribution is -2.47. The maximum atomic E-state index is 5.17. The van der Waals surface area contributed by atoms with Crippen LogP contribution in [0, 0.1) is 0 Å². The Kier molecular flexibility index (Phi) is 12.1. The Morgan fingerprint density at radius 1 is 1.20 bits per heavy atom. The van der Waals surface area contributed by atoms with Gasteiger partial charge in [-0.05, 0) is 40.2 Å². The van der Waals surface area contributed by atoms with Crippen molar-refractivity contribution in [3.63, 3.8) is 0 Å². The zero-order chi connectivity index (χ0) is 18.0. The van der Waals surface area contributed by atoms with Crippen molar-refractivity contribution in [1.29, 1.82) is 0 Å². The quantitative estimate of drug-likeness (QED) is 0.300. The average Bonchev–Trinajstić information content (AvgIpc) is 2.53. The summed E-state index contributed by atoms with van der Waals surface area (Å²) in [5.74, 6) is 0.823. The standard InChI is InChI=1S/C19H34N4O.HI/c1-7-20-18(22-15(2)13-24-6)21-14-19(4,5)23-16(3)17-11-9-8-10-12-17;/h8-12,15-16,23H,7,13-14H2,1-6H3,(H2,20,21,22);1H. The first-order chi connectivity index (χ1) is 11.4. The maximum absolute atomic E-state index is 5.17. The summed E-state index contributed by atoms with van der Waals surface area (Å²) in [5, 5.41) is 10.3. The maximum Gasteiger partial charge on any atom is 0.191 e. The molecule has 0 heterocycles. The van der Waals surface area contributed by atoms with Crippen molar-refractivity contribution >= 4 is 29.9 Å². The van der Waals surface area contributed by atoms with Gasteiger partial charge in [0.2, 0.25) is 0 Å². The summed E-state index contributed by atoms with van der Waals surface area (Å²) in [4.78, 5) is 4.73. The van der Waals surface area contributed by atoms with E-state index in [1.807, 2.05) is 6.07 Å². The van der Waals surface area contributed by atoms with Gasteiger partial charge in [0.25, 0.3) is 0 Å². The first-order valence-corrected chi connectivity index (χ1v) is 8.74. The van der Waals surface area contributed by atoms with Crippen molar-refractivity contribution in [1.82, 2.24) is 16.0 Å². The van der Waals surface area contributed by atoms with Crippen LogP contribution in [0.15, 0.2) is 35.3 Å². The van der Waals surface area contributed by atoms with Gasteiger partial charge in [-0.15, -0.1) is 24.0 Å². The summed E-state index contributed by atoms with van der Waals surface area (Å²) in [5.41, 5.74) is 1.18. The van der Waals surface area contributed by atoms with Crippen LogP contribution < -0.4 is 16.0 Å². The average molecular weight is 462 g/mol. The van der Waals surface area contributed by atoms with Crippen LogP contribution in [0.3, 0.4) is 0 Å². The molecule has 5 nitrogen and oxygen atoms in total. The first kappa shape index (κ1) is 24.1. The Balaban J connectivity index is 0.00000576. The molecule has 1 rings (SSSR count). The predicted octanol–water partition coefficient (Wildman–Crippen LogP) is 3.32. The lowest BCUT2D eigenvalue weighted by atomic mass is 10.0. The predicted molar refractivity (Wildman–Crippen MR) is 118 cm³/mol. The van der Waals surface area contributed by atoms with Crippen LogP contribution in [0.5, 0.6) is 0 Å². The zero-order valence-corrected chi connectivity index (χ0v) is 18.8. The Hall–Kier alpha value is -0.860. The van der Waals surface area contributed by atoms with Crippen LogP contribution in [0.25, 0.3) is 0 Å². The number of methoxy groups -OCH3 is 1. The van der Waals surface area contributed by atoms with E-state index in [-0.39, 0.29) is 41.6 Å². The Morgan fingerprint density at radius 2 is 1.84 bits per heavy atom. The molecular weight excluding hydrogens is 427 g/mol. The van der Waals surface area contributed by atoms with E-state index in [1.54, 1.807) is 7.11 Å². The van der Waals surface area contributed by atoms with Crippen LogP contribution in [-0.4, -0.2) is 44.3 Å². The molecule has 0 radical (unpaired) electrons. The van der Waals surface area contributed by atoms with Crippen molar-refractivity contribution in [3.05, 3.63) is 35.9 Å². The molecule has 2 unspecified atom stereocenters. The minimum Gasteiger partial charge on any atom is -0.383 e. The molecule has 0 amide bonds. The molecule has 0 aliphatic rings. The largest absolute Gasteiger partial charge is 0.383 e. The summed E-state index contributed by atoms with van der Waals surface area (Å²) in [6.07, 6.45) is 0. The van der Waals surface area contributed by atoms with E-state index in [0.29, 0.717) is 13.2 Å². The molecule has 144 valence electrons. The van der Waals surface area contributed by atoms with Gasteiger partial charge in [0.1, 0.15) is 0 Å². The van der Waals surface area contributed by atoms with Gasteiger partial charge in [-0.2, -0.15) is 0 Å². The number of nitrogens with zero attached hydrogens (tertiary/aromatic N) is 1.